The number of hydrogen-bond acceptors (Lipinski definition) is 4. The molecular weight excluding hydrogens is 240 g/mol. The van der Waals surface area contributed by atoms with E-state index in [2.05, 4.69) is 23.3 Å². The van der Waals surface area contributed by atoms with Gasteiger partial charge in [-0.3, -0.25) is 0 Å². The van der Waals surface area contributed by atoms with Gasteiger partial charge >= 0.3 is 0 Å². The second kappa shape index (κ2) is 7.25. The zero-order chi connectivity index (χ0) is 13.5. The summed E-state index contributed by atoms with van der Waals surface area (Å²) in [5.41, 5.74) is 1.32. The van der Waals surface area contributed by atoms with E-state index in [-0.39, 0.29) is 6.10 Å². The minimum atomic E-state index is 0.0142. The van der Waals surface area contributed by atoms with Crippen LogP contribution in [0, 0.1) is 11.3 Å². The molecule has 2 rings (SSSR count). The zero-order valence-electron chi connectivity index (χ0n) is 11.6. The Morgan fingerprint density at radius 1 is 1.37 bits per heavy atom. The molecule has 0 saturated carbocycles. The van der Waals surface area contributed by atoms with Gasteiger partial charge < -0.3 is 4.74 Å². The third-order valence-corrected chi connectivity index (χ3v) is 3.59. The van der Waals surface area contributed by atoms with Crippen LogP contribution in [0.4, 0.5) is 0 Å². The number of rotatable bonds is 7. The molecular formula is C14H22N4O. The van der Waals surface area contributed by atoms with Gasteiger partial charge in [0, 0.05) is 13.2 Å². The van der Waals surface area contributed by atoms with Crippen LogP contribution in [0.2, 0.25) is 0 Å². The van der Waals surface area contributed by atoms with E-state index < -0.39 is 0 Å². The lowest BCUT2D eigenvalue weighted by molar-refractivity contribution is 0.104. The number of nitriles is 1. The predicted molar refractivity (Wildman–Crippen MR) is 71.4 cm³/mol. The van der Waals surface area contributed by atoms with Crippen molar-refractivity contribution in [3.05, 3.63) is 11.4 Å². The van der Waals surface area contributed by atoms with Crippen molar-refractivity contribution in [1.29, 1.82) is 5.26 Å². The molecule has 1 fully saturated rings. The predicted octanol–water partition coefficient (Wildman–Crippen LogP) is 2.97. The summed E-state index contributed by atoms with van der Waals surface area (Å²) in [4.78, 5) is 0. The van der Waals surface area contributed by atoms with Gasteiger partial charge in [-0.15, -0.1) is 5.10 Å². The van der Waals surface area contributed by atoms with Crippen molar-refractivity contribution in [2.75, 3.05) is 6.61 Å². The lowest BCUT2D eigenvalue weighted by atomic mass is 10.1. The molecule has 0 amide bonds. The molecule has 1 unspecified atom stereocenters. The van der Waals surface area contributed by atoms with Gasteiger partial charge in [0.1, 0.15) is 17.9 Å². The molecule has 104 valence electrons. The lowest BCUT2D eigenvalue weighted by Crippen LogP contribution is -2.10. The molecule has 19 heavy (non-hydrogen) atoms. The first-order valence-electron chi connectivity index (χ1n) is 7.32. The van der Waals surface area contributed by atoms with Crippen LogP contribution in [-0.4, -0.2) is 21.6 Å². The summed E-state index contributed by atoms with van der Waals surface area (Å²) in [6, 6.07) is 2.13. The molecule has 0 aliphatic carbocycles. The third-order valence-electron chi connectivity index (χ3n) is 3.59. The Kier molecular flexibility index (Phi) is 5.34. The van der Waals surface area contributed by atoms with Crippen LogP contribution in [0.1, 0.15) is 69.4 Å². The van der Waals surface area contributed by atoms with Crippen molar-refractivity contribution in [2.45, 2.75) is 64.5 Å². The van der Waals surface area contributed by atoms with Gasteiger partial charge in [0.05, 0.1) is 0 Å². The summed E-state index contributed by atoms with van der Waals surface area (Å²) in [6.45, 7) is 3.83. The van der Waals surface area contributed by atoms with E-state index in [0.717, 1.165) is 38.1 Å². The number of hydrogen-bond donors (Lipinski definition) is 0. The molecule has 5 nitrogen and oxygen atoms in total. The van der Waals surface area contributed by atoms with Gasteiger partial charge in [-0.25, -0.2) is 4.68 Å². The first-order chi connectivity index (χ1) is 9.36. The molecule has 1 atom stereocenters. The molecule has 1 saturated heterocycles. The smallest absolute Gasteiger partial charge is 0.188 e. The Hall–Kier alpha value is -1.41. The quantitative estimate of drug-likeness (QED) is 0.709. The average Bonchev–Trinajstić information content (AvgIpc) is 3.06. The van der Waals surface area contributed by atoms with E-state index in [0.29, 0.717) is 5.69 Å². The van der Waals surface area contributed by atoms with E-state index in [1.165, 1.54) is 25.7 Å². The molecule has 1 aromatic heterocycles. The molecule has 0 spiro atoms. The Morgan fingerprint density at radius 2 is 2.21 bits per heavy atom. The van der Waals surface area contributed by atoms with Crippen molar-refractivity contribution in [1.82, 2.24) is 15.0 Å². The highest BCUT2D eigenvalue weighted by Crippen LogP contribution is 2.29. The SMILES string of the molecule is CCCCCCCn1nnc(C#N)c1C1CCCO1. The van der Waals surface area contributed by atoms with Gasteiger partial charge in [0.2, 0.25) is 0 Å². The fourth-order valence-corrected chi connectivity index (χ4v) is 2.54. The number of unbranched alkanes of at least 4 members (excludes halogenated alkanes) is 4. The fourth-order valence-electron chi connectivity index (χ4n) is 2.54. The highest BCUT2D eigenvalue weighted by atomic mass is 16.5. The van der Waals surface area contributed by atoms with Gasteiger partial charge in [-0.1, -0.05) is 37.8 Å². The highest BCUT2D eigenvalue weighted by Gasteiger charge is 2.26. The van der Waals surface area contributed by atoms with Crippen molar-refractivity contribution in [3.8, 4) is 6.07 Å². The number of ether oxygens (including phenoxy) is 1. The Balaban J connectivity index is 1.96. The molecule has 1 aromatic rings. The summed E-state index contributed by atoms with van der Waals surface area (Å²) in [7, 11) is 0. The molecule has 2 heterocycles. The Bertz CT molecular complexity index is 429. The average molecular weight is 262 g/mol. The Labute approximate surface area is 114 Å². The van der Waals surface area contributed by atoms with Crippen molar-refractivity contribution >= 4 is 0 Å². The van der Waals surface area contributed by atoms with Gasteiger partial charge in [-0.05, 0) is 19.3 Å². The van der Waals surface area contributed by atoms with Crippen LogP contribution in [0.25, 0.3) is 0 Å². The summed E-state index contributed by atoms with van der Waals surface area (Å²) in [6.07, 6.45) is 8.15. The summed E-state index contributed by atoms with van der Waals surface area (Å²) in [5.74, 6) is 0. The maximum atomic E-state index is 9.11. The maximum absolute atomic E-state index is 9.11. The molecule has 0 radical (unpaired) electrons. The topological polar surface area (TPSA) is 63.7 Å². The standard InChI is InChI=1S/C14H22N4O/c1-2-3-4-5-6-9-18-14(12(11-15)16-17-18)13-8-7-10-19-13/h13H,2-10H2,1H3. The van der Waals surface area contributed by atoms with E-state index in [1.54, 1.807) is 0 Å². The first-order valence-corrected chi connectivity index (χ1v) is 7.32. The number of aromatic nitrogens is 3. The highest BCUT2D eigenvalue weighted by molar-refractivity contribution is 5.27. The van der Waals surface area contributed by atoms with Gasteiger partial charge in [0.25, 0.3) is 0 Å². The summed E-state index contributed by atoms with van der Waals surface area (Å²) < 4.78 is 7.55. The van der Waals surface area contributed by atoms with Crippen LogP contribution in [0.15, 0.2) is 0 Å². The normalized spacial score (nSPS) is 18.6. The van der Waals surface area contributed by atoms with Gasteiger partial charge in [-0.2, -0.15) is 5.26 Å². The minimum absolute atomic E-state index is 0.0142. The molecule has 1 aliphatic heterocycles. The maximum Gasteiger partial charge on any atom is 0.188 e. The van der Waals surface area contributed by atoms with Crippen molar-refractivity contribution < 1.29 is 4.74 Å². The monoisotopic (exact) mass is 262 g/mol. The largest absolute Gasteiger partial charge is 0.372 e. The van der Waals surface area contributed by atoms with Crippen LogP contribution < -0.4 is 0 Å². The molecule has 0 bridgehead atoms. The van der Waals surface area contributed by atoms with E-state index in [1.807, 2.05) is 4.68 Å². The van der Waals surface area contributed by atoms with E-state index in [4.69, 9.17) is 10.00 Å². The molecule has 0 N–H and O–H groups in total. The summed E-state index contributed by atoms with van der Waals surface area (Å²) >= 11 is 0. The van der Waals surface area contributed by atoms with Gasteiger partial charge in [0.15, 0.2) is 5.69 Å². The van der Waals surface area contributed by atoms with E-state index >= 15 is 0 Å². The molecule has 0 aromatic carbocycles. The second-order valence-electron chi connectivity index (χ2n) is 5.07. The second-order valence-corrected chi connectivity index (χ2v) is 5.07. The lowest BCUT2D eigenvalue weighted by Gasteiger charge is -2.11. The van der Waals surface area contributed by atoms with Crippen LogP contribution in [0.5, 0.6) is 0 Å². The fraction of sp³-hybridized carbons (Fsp3) is 0.786. The van der Waals surface area contributed by atoms with Crippen LogP contribution in [0.3, 0.4) is 0 Å². The Morgan fingerprint density at radius 3 is 2.89 bits per heavy atom. The number of aryl methyl sites for hydroxylation is 1. The van der Waals surface area contributed by atoms with E-state index in [9.17, 15) is 0 Å². The third kappa shape index (κ3) is 3.54. The van der Waals surface area contributed by atoms with Crippen molar-refractivity contribution in [3.63, 3.8) is 0 Å². The van der Waals surface area contributed by atoms with Crippen LogP contribution in [-0.2, 0) is 11.3 Å². The summed E-state index contributed by atoms with van der Waals surface area (Å²) in [5, 5.41) is 17.2. The first kappa shape index (κ1) is 14.0. The van der Waals surface area contributed by atoms with Crippen LogP contribution >= 0.6 is 0 Å². The number of nitrogens with zero attached hydrogens (tertiary/aromatic N) is 4. The molecule has 1 aliphatic rings. The zero-order valence-corrected chi connectivity index (χ0v) is 11.6. The van der Waals surface area contributed by atoms with Crippen molar-refractivity contribution in [2.24, 2.45) is 0 Å². The molecule has 5 heteroatoms. The minimum Gasteiger partial charge on any atom is -0.372 e.